The molecule has 22 heavy (non-hydrogen) atoms. The fraction of sp³-hybridized carbons (Fsp3) is 0.0625. The molecule has 0 bridgehead atoms. The largest absolute Gasteiger partial charge is 0.497 e. The summed E-state index contributed by atoms with van der Waals surface area (Å²) in [4.78, 5) is 20.4. The number of carbonyl (C=O) groups excluding carboxylic acids is 1. The van der Waals surface area contributed by atoms with Gasteiger partial charge in [0, 0.05) is 18.0 Å². The van der Waals surface area contributed by atoms with Gasteiger partial charge in [-0.15, -0.1) is 0 Å². The Labute approximate surface area is 127 Å². The predicted octanol–water partition coefficient (Wildman–Crippen LogP) is 2.53. The van der Waals surface area contributed by atoms with Gasteiger partial charge in [-0.05, 0) is 36.4 Å². The molecular formula is C16H14N4O2. The summed E-state index contributed by atoms with van der Waals surface area (Å²) in [6, 6.07) is 10.5. The lowest BCUT2D eigenvalue weighted by molar-refractivity contribution is 0.102. The topological polar surface area (TPSA) is 69.0 Å². The van der Waals surface area contributed by atoms with Crippen LogP contribution in [-0.2, 0) is 0 Å². The van der Waals surface area contributed by atoms with Crippen LogP contribution < -0.4 is 10.1 Å². The molecule has 3 aromatic rings. The summed E-state index contributed by atoms with van der Waals surface area (Å²) in [6.07, 6.45) is 6.76. The molecule has 0 aliphatic heterocycles. The van der Waals surface area contributed by atoms with E-state index in [9.17, 15) is 4.79 Å². The summed E-state index contributed by atoms with van der Waals surface area (Å²) in [7, 11) is 1.59. The van der Waals surface area contributed by atoms with Gasteiger partial charge >= 0.3 is 0 Å². The lowest BCUT2D eigenvalue weighted by atomic mass is 10.2. The van der Waals surface area contributed by atoms with Gasteiger partial charge in [0.1, 0.15) is 17.9 Å². The summed E-state index contributed by atoms with van der Waals surface area (Å²) in [5.74, 6) is 1.25. The van der Waals surface area contributed by atoms with E-state index in [1.165, 1.54) is 0 Å². The van der Waals surface area contributed by atoms with E-state index in [1.807, 2.05) is 6.07 Å². The Morgan fingerprint density at radius 1 is 1.18 bits per heavy atom. The van der Waals surface area contributed by atoms with E-state index in [1.54, 1.807) is 66.9 Å². The van der Waals surface area contributed by atoms with Crippen molar-refractivity contribution in [2.24, 2.45) is 0 Å². The molecule has 2 aromatic heterocycles. The Bertz CT molecular complexity index is 750. The van der Waals surface area contributed by atoms with Gasteiger partial charge in [-0.1, -0.05) is 0 Å². The molecule has 0 aliphatic rings. The highest BCUT2D eigenvalue weighted by atomic mass is 16.5. The van der Waals surface area contributed by atoms with Gasteiger partial charge < -0.3 is 10.1 Å². The first kappa shape index (κ1) is 13.8. The van der Waals surface area contributed by atoms with Gasteiger partial charge in [-0.2, -0.15) is 0 Å². The minimum atomic E-state index is -0.195. The Kier molecular flexibility index (Phi) is 3.82. The number of amides is 1. The molecule has 0 unspecified atom stereocenters. The van der Waals surface area contributed by atoms with Gasteiger partial charge in [-0.25, -0.2) is 9.97 Å². The maximum Gasteiger partial charge on any atom is 0.255 e. The zero-order valence-electron chi connectivity index (χ0n) is 11.9. The van der Waals surface area contributed by atoms with Crippen molar-refractivity contribution in [3.05, 3.63) is 66.9 Å². The van der Waals surface area contributed by atoms with Crippen LogP contribution in [0.2, 0.25) is 0 Å². The van der Waals surface area contributed by atoms with Crippen LogP contribution in [0.4, 0.5) is 5.69 Å². The zero-order chi connectivity index (χ0) is 15.4. The number of aromatic nitrogens is 3. The van der Waals surface area contributed by atoms with Gasteiger partial charge in [0.25, 0.3) is 5.91 Å². The van der Waals surface area contributed by atoms with Crippen molar-refractivity contribution < 1.29 is 9.53 Å². The number of anilines is 1. The van der Waals surface area contributed by atoms with Crippen molar-refractivity contribution in [3.8, 4) is 11.6 Å². The number of methoxy groups -OCH3 is 1. The number of rotatable bonds is 4. The minimum Gasteiger partial charge on any atom is -0.497 e. The average Bonchev–Trinajstić information content (AvgIpc) is 3.10. The lowest BCUT2D eigenvalue weighted by Crippen LogP contribution is -2.12. The molecule has 6 nitrogen and oxygen atoms in total. The summed E-state index contributed by atoms with van der Waals surface area (Å²) < 4.78 is 6.85. The molecule has 110 valence electrons. The van der Waals surface area contributed by atoms with E-state index in [0.29, 0.717) is 17.0 Å². The van der Waals surface area contributed by atoms with E-state index in [4.69, 9.17) is 4.74 Å². The molecule has 0 saturated heterocycles. The molecular weight excluding hydrogens is 280 g/mol. The number of nitrogens with one attached hydrogen (secondary N) is 1. The van der Waals surface area contributed by atoms with E-state index in [-0.39, 0.29) is 5.91 Å². The van der Waals surface area contributed by atoms with E-state index in [2.05, 4.69) is 15.3 Å². The van der Waals surface area contributed by atoms with Crippen molar-refractivity contribution in [1.29, 1.82) is 0 Å². The Morgan fingerprint density at radius 2 is 2.00 bits per heavy atom. The number of carbonyl (C=O) groups is 1. The first-order valence-electron chi connectivity index (χ1n) is 6.66. The van der Waals surface area contributed by atoms with Crippen molar-refractivity contribution in [2.45, 2.75) is 0 Å². The number of nitrogens with zero attached hydrogens (tertiary/aromatic N) is 3. The van der Waals surface area contributed by atoms with Crippen molar-refractivity contribution in [2.75, 3.05) is 12.4 Å². The quantitative estimate of drug-likeness (QED) is 0.802. The van der Waals surface area contributed by atoms with Crippen LogP contribution in [0, 0.1) is 0 Å². The summed E-state index contributed by atoms with van der Waals surface area (Å²) in [5, 5.41) is 2.80. The summed E-state index contributed by atoms with van der Waals surface area (Å²) >= 11 is 0. The third kappa shape index (κ3) is 2.95. The zero-order valence-corrected chi connectivity index (χ0v) is 11.9. The number of hydrogen-bond acceptors (Lipinski definition) is 4. The number of pyridine rings is 1. The van der Waals surface area contributed by atoms with Crippen LogP contribution >= 0.6 is 0 Å². The maximum absolute atomic E-state index is 12.1. The normalized spacial score (nSPS) is 10.2. The number of ether oxygens (including phenoxy) is 1. The fourth-order valence-electron chi connectivity index (χ4n) is 1.95. The second-order valence-corrected chi connectivity index (χ2v) is 4.56. The van der Waals surface area contributed by atoms with Crippen LogP contribution in [0.3, 0.4) is 0 Å². The lowest BCUT2D eigenvalue weighted by Gasteiger charge is -2.07. The standard InChI is InChI=1S/C16H14N4O2/c1-22-14-5-2-12(3-6-14)16(21)19-13-4-7-15(18-10-13)20-9-8-17-11-20/h2-11H,1H3,(H,19,21). The highest BCUT2D eigenvalue weighted by Gasteiger charge is 2.07. The maximum atomic E-state index is 12.1. The van der Waals surface area contributed by atoms with Crippen molar-refractivity contribution in [3.63, 3.8) is 0 Å². The molecule has 6 heteroatoms. The number of hydrogen-bond donors (Lipinski definition) is 1. The molecule has 0 radical (unpaired) electrons. The average molecular weight is 294 g/mol. The Morgan fingerprint density at radius 3 is 2.59 bits per heavy atom. The molecule has 0 saturated carbocycles. The summed E-state index contributed by atoms with van der Waals surface area (Å²) in [6.45, 7) is 0. The molecule has 0 fully saturated rings. The minimum absolute atomic E-state index is 0.195. The van der Waals surface area contributed by atoms with Gasteiger partial charge in [-0.3, -0.25) is 9.36 Å². The molecule has 1 amide bonds. The summed E-state index contributed by atoms with van der Waals surface area (Å²) in [5.41, 5.74) is 1.18. The first-order chi connectivity index (χ1) is 10.8. The molecule has 3 rings (SSSR count). The first-order valence-corrected chi connectivity index (χ1v) is 6.66. The van der Waals surface area contributed by atoms with Crippen LogP contribution in [0.15, 0.2) is 61.3 Å². The van der Waals surface area contributed by atoms with Crippen molar-refractivity contribution in [1.82, 2.24) is 14.5 Å². The van der Waals surface area contributed by atoms with E-state index < -0.39 is 0 Å². The third-order valence-corrected chi connectivity index (χ3v) is 3.13. The highest BCUT2D eigenvalue weighted by Crippen LogP contribution is 2.14. The number of imidazole rings is 1. The van der Waals surface area contributed by atoms with E-state index in [0.717, 1.165) is 5.82 Å². The molecule has 2 heterocycles. The third-order valence-electron chi connectivity index (χ3n) is 3.13. The molecule has 1 N–H and O–H groups in total. The van der Waals surface area contributed by atoms with E-state index >= 15 is 0 Å². The SMILES string of the molecule is COc1ccc(C(=O)Nc2ccc(-n3ccnc3)nc2)cc1. The number of benzene rings is 1. The smallest absolute Gasteiger partial charge is 0.255 e. The van der Waals surface area contributed by atoms with Crippen LogP contribution in [0.5, 0.6) is 5.75 Å². The second-order valence-electron chi connectivity index (χ2n) is 4.56. The van der Waals surface area contributed by atoms with Gasteiger partial charge in [0.05, 0.1) is 19.0 Å². The van der Waals surface area contributed by atoms with Crippen molar-refractivity contribution >= 4 is 11.6 Å². The van der Waals surface area contributed by atoms with Crippen LogP contribution in [-0.4, -0.2) is 27.6 Å². The highest BCUT2D eigenvalue weighted by molar-refractivity contribution is 6.04. The van der Waals surface area contributed by atoms with Crippen LogP contribution in [0.25, 0.3) is 5.82 Å². The molecule has 0 aliphatic carbocycles. The van der Waals surface area contributed by atoms with Crippen LogP contribution in [0.1, 0.15) is 10.4 Å². The molecule has 1 aromatic carbocycles. The Hall–Kier alpha value is -3.15. The van der Waals surface area contributed by atoms with Gasteiger partial charge in [0.15, 0.2) is 0 Å². The van der Waals surface area contributed by atoms with Gasteiger partial charge in [0.2, 0.25) is 0 Å². The fourth-order valence-corrected chi connectivity index (χ4v) is 1.95. The molecule has 0 spiro atoms. The predicted molar refractivity (Wildman–Crippen MR) is 82.3 cm³/mol. The monoisotopic (exact) mass is 294 g/mol. The Balaban J connectivity index is 1.71. The molecule has 0 atom stereocenters. The second kappa shape index (κ2) is 6.09.